The Labute approximate surface area is 74.1 Å². The van der Waals surface area contributed by atoms with Crippen molar-refractivity contribution in [2.75, 3.05) is 5.73 Å². The number of hydrogen-bond donors (Lipinski definition) is 3. The lowest BCUT2D eigenvalue weighted by molar-refractivity contribution is -0.129. The molecule has 0 aliphatic heterocycles. The van der Waals surface area contributed by atoms with Gasteiger partial charge in [0.05, 0.1) is 0 Å². The van der Waals surface area contributed by atoms with Crippen molar-refractivity contribution in [1.82, 2.24) is 0 Å². The Kier molecular flexibility index (Phi) is 2.49. The third-order valence-corrected chi connectivity index (χ3v) is 1.46. The third kappa shape index (κ3) is 1.96. The molecule has 13 heavy (non-hydrogen) atoms. The van der Waals surface area contributed by atoms with Crippen molar-refractivity contribution in [3.8, 4) is 0 Å². The van der Waals surface area contributed by atoms with E-state index in [0.717, 1.165) is 0 Å². The van der Waals surface area contributed by atoms with E-state index in [1.165, 1.54) is 12.1 Å². The van der Waals surface area contributed by atoms with Gasteiger partial charge >= 0.3 is 5.97 Å². The van der Waals surface area contributed by atoms with Crippen LogP contribution in [0.15, 0.2) is 29.4 Å². The summed E-state index contributed by atoms with van der Waals surface area (Å²) in [6.07, 6.45) is 0. The largest absolute Gasteiger partial charge is 0.476 e. The molecule has 0 aliphatic carbocycles. The summed E-state index contributed by atoms with van der Waals surface area (Å²) < 4.78 is 0. The number of carbonyl (C=O) groups is 1. The molecule has 0 atom stereocenters. The lowest BCUT2D eigenvalue weighted by atomic mass is 10.1. The van der Waals surface area contributed by atoms with Crippen LogP contribution in [0, 0.1) is 0 Å². The summed E-state index contributed by atoms with van der Waals surface area (Å²) in [6, 6.07) is 6.11. The van der Waals surface area contributed by atoms with Crippen molar-refractivity contribution in [3.05, 3.63) is 29.8 Å². The molecule has 1 rings (SSSR count). The lowest BCUT2D eigenvalue weighted by Gasteiger charge is -1.99. The maximum Gasteiger partial charge on any atom is 0.358 e. The molecule has 0 radical (unpaired) electrons. The quantitative estimate of drug-likeness (QED) is 0.268. The molecule has 5 heteroatoms. The number of nitrogen functional groups attached to an aromatic ring is 1. The average Bonchev–Trinajstić information content (AvgIpc) is 2.04. The van der Waals surface area contributed by atoms with Gasteiger partial charge in [-0.15, -0.1) is 0 Å². The number of oxime groups is 1. The first-order chi connectivity index (χ1) is 6.15. The van der Waals surface area contributed by atoms with Crippen molar-refractivity contribution in [2.45, 2.75) is 0 Å². The van der Waals surface area contributed by atoms with Gasteiger partial charge in [-0.25, -0.2) is 4.79 Å². The maximum atomic E-state index is 10.5. The van der Waals surface area contributed by atoms with E-state index in [9.17, 15) is 4.79 Å². The van der Waals surface area contributed by atoms with Crippen LogP contribution in [-0.2, 0) is 4.79 Å². The van der Waals surface area contributed by atoms with Gasteiger partial charge in [-0.2, -0.15) is 0 Å². The molecule has 4 N–H and O–H groups in total. The van der Waals surface area contributed by atoms with E-state index >= 15 is 0 Å². The van der Waals surface area contributed by atoms with Crippen molar-refractivity contribution in [1.29, 1.82) is 0 Å². The van der Waals surface area contributed by atoms with Gasteiger partial charge in [0.25, 0.3) is 0 Å². The van der Waals surface area contributed by atoms with Crippen LogP contribution in [0.4, 0.5) is 5.69 Å². The number of nitrogens with zero attached hydrogens (tertiary/aromatic N) is 1. The van der Waals surface area contributed by atoms with Crippen LogP contribution >= 0.6 is 0 Å². The summed E-state index contributed by atoms with van der Waals surface area (Å²) in [6.45, 7) is 0. The average molecular weight is 180 g/mol. The molecule has 0 saturated carbocycles. The van der Waals surface area contributed by atoms with Gasteiger partial charge < -0.3 is 16.0 Å². The molecule has 0 unspecified atom stereocenters. The zero-order chi connectivity index (χ0) is 9.84. The van der Waals surface area contributed by atoms with E-state index < -0.39 is 11.7 Å². The van der Waals surface area contributed by atoms with E-state index in [1.807, 2.05) is 0 Å². The molecule has 68 valence electrons. The normalized spacial score (nSPS) is 11.2. The van der Waals surface area contributed by atoms with Crippen molar-refractivity contribution >= 4 is 17.4 Å². The summed E-state index contributed by atoms with van der Waals surface area (Å²) >= 11 is 0. The molecule has 0 bridgehead atoms. The van der Waals surface area contributed by atoms with E-state index in [4.69, 9.17) is 16.0 Å². The van der Waals surface area contributed by atoms with Gasteiger partial charge in [-0.1, -0.05) is 17.3 Å². The van der Waals surface area contributed by atoms with Crippen molar-refractivity contribution < 1.29 is 15.1 Å². The Hall–Kier alpha value is -2.04. The van der Waals surface area contributed by atoms with Gasteiger partial charge in [0.15, 0.2) is 5.71 Å². The minimum Gasteiger partial charge on any atom is -0.476 e. The Morgan fingerprint density at radius 2 is 2.15 bits per heavy atom. The fraction of sp³-hybridized carbons (Fsp3) is 0. The molecule has 1 aromatic rings. The van der Waals surface area contributed by atoms with E-state index in [0.29, 0.717) is 5.69 Å². The Morgan fingerprint density at radius 3 is 2.62 bits per heavy atom. The van der Waals surface area contributed by atoms with Gasteiger partial charge in [0, 0.05) is 11.3 Å². The fourth-order valence-electron chi connectivity index (χ4n) is 0.910. The summed E-state index contributed by atoms with van der Waals surface area (Å²) in [4.78, 5) is 10.5. The highest BCUT2D eigenvalue weighted by molar-refractivity contribution is 6.42. The minimum absolute atomic E-state index is 0.273. The Bertz CT molecular complexity index is 360. The standard InChI is InChI=1S/C8H8N2O3/c9-6-3-1-2-5(4-6)7(10-13)8(11)12/h1-4,13H,9H2,(H,11,12)/b10-7+. The molecular formula is C8H8N2O3. The SMILES string of the molecule is Nc1cccc(/C(=N\O)C(=O)O)c1. The summed E-state index contributed by atoms with van der Waals surface area (Å²) in [5.41, 5.74) is 5.69. The molecule has 0 spiro atoms. The van der Waals surface area contributed by atoms with Crippen molar-refractivity contribution in [2.24, 2.45) is 5.16 Å². The van der Waals surface area contributed by atoms with Gasteiger partial charge in [-0.3, -0.25) is 0 Å². The number of benzene rings is 1. The lowest BCUT2D eigenvalue weighted by Crippen LogP contribution is -2.14. The minimum atomic E-state index is -1.30. The highest BCUT2D eigenvalue weighted by atomic mass is 16.4. The number of aliphatic carboxylic acids is 1. The zero-order valence-electron chi connectivity index (χ0n) is 6.64. The van der Waals surface area contributed by atoms with E-state index in [2.05, 4.69) is 5.16 Å². The molecule has 0 aromatic heterocycles. The molecule has 0 aliphatic rings. The molecule has 0 fully saturated rings. The van der Waals surface area contributed by atoms with Crippen LogP contribution in [0.2, 0.25) is 0 Å². The number of nitrogens with two attached hydrogens (primary N) is 1. The monoisotopic (exact) mass is 180 g/mol. The predicted octanol–water partition coefficient (Wildman–Crippen LogP) is 0.532. The second-order valence-corrected chi connectivity index (χ2v) is 2.38. The molecular weight excluding hydrogens is 172 g/mol. The van der Waals surface area contributed by atoms with Crippen LogP contribution < -0.4 is 5.73 Å². The number of carboxylic acids is 1. The second kappa shape index (κ2) is 3.57. The molecule has 0 saturated heterocycles. The highest BCUT2D eigenvalue weighted by Gasteiger charge is 2.12. The predicted molar refractivity (Wildman–Crippen MR) is 46.8 cm³/mol. The van der Waals surface area contributed by atoms with Crippen LogP contribution in [0.25, 0.3) is 0 Å². The summed E-state index contributed by atoms with van der Waals surface area (Å²) in [5.74, 6) is -1.30. The zero-order valence-corrected chi connectivity index (χ0v) is 6.64. The summed E-state index contributed by atoms with van der Waals surface area (Å²) in [7, 11) is 0. The number of rotatable bonds is 2. The molecule has 0 amide bonds. The van der Waals surface area contributed by atoms with Crippen LogP contribution in [0.3, 0.4) is 0 Å². The highest BCUT2D eigenvalue weighted by Crippen LogP contribution is 2.07. The van der Waals surface area contributed by atoms with Gasteiger partial charge in [-0.05, 0) is 12.1 Å². The van der Waals surface area contributed by atoms with E-state index in [-0.39, 0.29) is 5.56 Å². The van der Waals surface area contributed by atoms with Crippen LogP contribution in [-0.4, -0.2) is 22.0 Å². The first-order valence-corrected chi connectivity index (χ1v) is 3.46. The van der Waals surface area contributed by atoms with Crippen LogP contribution in [0.1, 0.15) is 5.56 Å². The first kappa shape index (κ1) is 9.05. The van der Waals surface area contributed by atoms with Crippen LogP contribution in [0.5, 0.6) is 0 Å². The maximum absolute atomic E-state index is 10.5. The molecule has 0 heterocycles. The molecule has 5 nitrogen and oxygen atoms in total. The number of hydrogen-bond acceptors (Lipinski definition) is 4. The summed E-state index contributed by atoms with van der Waals surface area (Å²) in [5, 5.41) is 19.7. The second-order valence-electron chi connectivity index (χ2n) is 2.38. The van der Waals surface area contributed by atoms with Gasteiger partial charge in [0.1, 0.15) is 0 Å². The van der Waals surface area contributed by atoms with Gasteiger partial charge in [0.2, 0.25) is 0 Å². The third-order valence-electron chi connectivity index (χ3n) is 1.46. The Balaban J connectivity index is 3.14. The van der Waals surface area contributed by atoms with E-state index in [1.54, 1.807) is 12.1 Å². The number of anilines is 1. The van der Waals surface area contributed by atoms with Crippen molar-refractivity contribution in [3.63, 3.8) is 0 Å². The molecule has 1 aromatic carbocycles. The fourth-order valence-corrected chi connectivity index (χ4v) is 0.910. The topological polar surface area (TPSA) is 95.9 Å². The number of carboxylic acid groups (broad SMARTS) is 1. The first-order valence-electron chi connectivity index (χ1n) is 3.46. The Morgan fingerprint density at radius 1 is 1.46 bits per heavy atom. The smallest absolute Gasteiger partial charge is 0.358 e.